The van der Waals surface area contributed by atoms with Gasteiger partial charge in [-0.05, 0) is 0 Å². The Morgan fingerprint density at radius 1 is 1.00 bits per heavy atom. The summed E-state index contributed by atoms with van der Waals surface area (Å²) in [7, 11) is 0. The van der Waals surface area contributed by atoms with Gasteiger partial charge in [0.15, 0.2) is 0 Å². The monoisotopic (exact) mass is 283 g/mol. The minimum Gasteiger partial charge on any atom is -0.507 e. The molecule has 0 aliphatic heterocycles. The fourth-order valence-corrected chi connectivity index (χ4v) is 2.36. The van der Waals surface area contributed by atoms with Crippen molar-refractivity contribution in [2.45, 2.75) is 0 Å². The van der Waals surface area contributed by atoms with E-state index >= 15 is 0 Å². The van der Waals surface area contributed by atoms with Gasteiger partial charge in [-0.1, -0.05) is 36.4 Å². The molecule has 0 saturated heterocycles. The van der Waals surface area contributed by atoms with Crippen LogP contribution in [0.25, 0.3) is 5.76 Å². The third kappa shape index (κ3) is 2.85. The molecule has 108 valence electrons. The van der Waals surface area contributed by atoms with Crippen molar-refractivity contribution in [1.82, 2.24) is 4.90 Å². The van der Waals surface area contributed by atoms with Crippen LogP contribution in [-0.4, -0.2) is 41.2 Å². The van der Waals surface area contributed by atoms with Crippen LogP contribution in [-0.2, 0) is 4.79 Å². The van der Waals surface area contributed by atoms with Gasteiger partial charge in [-0.15, -0.1) is 13.2 Å². The molecule has 21 heavy (non-hydrogen) atoms. The van der Waals surface area contributed by atoms with Crippen molar-refractivity contribution in [1.29, 1.82) is 0 Å². The Labute approximate surface area is 123 Å². The molecule has 1 aromatic rings. The van der Waals surface area contributed by atoms with Gasteiger partial charge in [-0.3, -0.25) is 14.5 Å². The van der Waals surface area contributed by atoms with Crippen molar-refractivity contribution < 1.29 is 14.7 Å². The summed E-state index contributed by atoms with van der Waals surface area (Å²) in [6.07, 6.45) is 3.40. The van der Waals surface area contributed by atoms with E-state index in [1.165, 1.54) is 0 Å². The number of carbonyl (C=O) groups is 2. The van der Waals surface area contributed by atoms with E-state index in [0.717, 1.165) is 0 Å². The number of benzene rings is 1. The van der Waals surface area contributed by atoms with E-state index in [1.54, 1.807) is 36.4 Å². The third-order valence-electron chi connectivity index (χ3n) is 3.35. The fraction of sp³-hybridized carbons (Fsp3) is 0.176. The van der Waals surface area contributed by atoms with Crippen LogP contribution in [0.15, 0.2) is 55.1 Å². The standard InChI is InChI=1S/C17H17NO3/c1-3-9-18(10-4-2)11-14-15(19)12-7-5-6-8-13(12)16(20)17(14)21/h3-8,19H,1-2,9-11H2. The molecule has 0 bridgehead atoms. The van der Waals surface area contributed by atoms with E-state index in [0.29, 0.717) is 18.7 Å². The first-order valence-electron chi connectivity index (χ1n) is 6.64. The van der Waals surface area contributed by atoms with Gasteiger partial charge in [0, 0.05) is 30.8 Å². The first-order valence-corrected chi connectivity index (χ1v) is 6.64. The Bertz CT molecular complexity index is 633. The van der Waals surface area contributed by atoms with Crippen LogP contribution >= 0.6 is 0 Å². The molecule has 0 aromatic heterocycles. The molecule has 0 saturated carbocycles. The topological polar surface area (TPSA) is 57.6 Å². The molecule has 0 radical (unpaired) electrons. The predicted molar refractivity (Wildman–Crippen MR) is 82.2 cm³/mol. The Morgan fingerprint density at radius 2 is 1.57 bits per heavy atom. The van der Waals surface area contributed by atoms with Crippen LogP contribution in [0.3, 0.4) is 0 Å². The summed E-state index contributed by atoms with van der Waals surface area (Å²) in [6.45, 7) is 8.57. The lowest BCUT2D eigenvalue weighted by Crippen LogP contribution is -2.33. The van der Waals surface area contributed by atoms with E-state index in [-0.39, 0.29) is 23.4 Å². The normalized spacial score (nSPS) is 14.3. The van der Waals surface area contributed by atoms with Gasteiger partial charge < -0.3 is 5.11 Å². The molecular formula is C17H17NO3. The quantitative estimate of drug-likeness (QED) is 0.643. The van der Waals surface area contributed by atoms with E-state index in [1.807, 2.05) is 4.90 Å². The number of hydrogen-bond acceptors (Lipinski definition) is 4. The van der Waals surface area contributed by atoms with Crippen molar-refractivity contribution in [2.24, 2.45) is 0 Å². The highest BCUT2D eigenvalue weighted by Crippen LogP contribution is 2.28. The molecule has 0 fully saturated rings. The summed E-state index contributed by atoms with van der Waals surface area (Å²) in [5.41, 5.74) is 0.791. The second kappa shape index (κ2) is 6.33. The largest absolute Gasteiger partial charge is 0.507 e. The molecule has 1 aliphatic carbocycles. The molecule has 0 atom stereocenters. The minimum atomic E-state index is -0.649. The maximum Gasteiger partial charge on any atom is 0.234 e. The van der Waals surface area contributed by atoms with Crippen LogP contribution in [0.4, 0.5) is 0 Å². The highest BCUT2D eigenvalue weighted by atomic mass is 16.3. The number of hydrogen-bond donors (Lipinski definition) is 1. The average molecular weight is 283 g/mol. The summed E-state index contributed by atoms with van der Waals surface area (Å²) >= 11 is 0. The molecule has 1 N–H and O–H groups in total. The molecule has 2 rings (SSSR count). The van der Waals surface area contributed by atoms with E-state index < -0.39 is 11.6 Å². The first-order chi connectivity index (χ1) is 10.1. The summed E-state index contributed by atoms with van der Waals surface area (Å²) < 4.78 is 0. The summed E-state index contributed by atoms with van der Waals surface area (Å²) in [5, 5.41) is 10.3. The van der Waals surface area contributed by atoms with Crippen molar-refractivity contribution in [3.63, 3.8) is 0 Å². The van der Waals surface area contributed by atoms with Gasteiger partial charge in [0.1, 0.15) is 5.76 Å². The van der Waals surface area contributed by atoms with Crippen molar-refractivity contribution >= 4 is 17.3 Å². The fourth-order valence-electron chi connectivity index (χ4n) is 2.36. The molecule has 4 heteroatoms. The lowest BCUT2D eigenvalue weighted by molar-refractivity contribution is -0.112. The van der Waals surface area contributed by atoms with Gasteiger partial charge in [-0.2, -0.15) is 0 Å². The van der Waals surface area contributed by atoms with Gasteiger partial charge >= 0.3 is 0 Å². The highest BCUT2D eigenvalue weighted by molar-refractivity contribution is 6.52. The second-order valence-corrected chi connectivity index (χ2v) is 4.80. The molecule has 0 amide bonds. The second-order valence-electron chi connectivity index (χ2n) is 4.80. The Hall–Kier alpha value is -2.46. The van der Waals surface area contributed by atoms with Crippen LogP contribution in [0.2, 0.25) is 0 Å². The smallest absolute Gasteiger partial charge is 0.234 e. The first kappa shape index (κ1) is 14.9. The Morgan fingerprint density at radius 3 is 2.14 bits per heavy atom. The maximum atomic E-state index is 12.2. The molecule has 1 aliphatic rings. The van der Waals surface area contributed by atoms with Gasteiger partial charge in [-0.25, -0.2) is 0 Å². The van der Waals surface area contributed by atoms with Crippen LogP contribution in [0, 0.1) is 0 Å². The zero-order valence-electron chi connectivity index (χ0n) is 11.7. The van der Waals surface area contributed by atoms with E-state index in [4.69, 9.17) is 0 Å². The number of Topliss-reactive ketones (excluding diaryl/α,β-unsaturated/α-hetero) is 2. The number of aliphatic hydroxyl groups is 1. The Balaban J connectivity index is 2.42. The van der Waals surface area contributed by atoms with E-state index in [9.17, 15) is 14.7 Å². The number of nitrogens with zero attached hydrogens (tertiary/aromatic N) is 1. The van der Waals surface area contributed by atoms with Gasteiger partial charge in [0.05, 0.1) is 5.57 Å². The predicted octanol–water partition coefficient (Wildman–Crippen LogP) is 2.40. The van der Waals surface area contributed by atoms with Crippen molar-refractivity contribution in [2.75, 3.05) is 19.6 Å². The summed E-state index contributed by atoms with van der Waals surface area (Å²) in [4.78, 5) is 26.2. The summed E-state index contributed by atoms with van der Waals surface area (Å²) in [5.74, 6) is -1.34. The van der Waals surface area contributed by atoms with Gasteiger partial charge in [0.2, 0.25) is 11.6 Å². The van der Waals surface area contributed by atoms with Crippen LogP contribution in [0.5, 0.6) is 0 Å². The lowest BCUT2D eigenvalue weighted by Gasteiger charge is -2.23. The minimum absolute atomic E-state index is 0.117. The molecular weight excluding hydrogens is 266 g/mol. The zero-order chi connectivity index (χ0) is 15.4. The molecule has 1 aromatic carbocycles. The number of ketones is 2. The van der Waals surface area contributed by atoms with Crippen LogP contribution in [0.1, 0.15) is 15.9 Å². The zero-order valence-corrected chi connectivity index (χ0v) is 11.7. The Kier molecular flexibility index (Phi) is 4.50. The van der Waals surface area contributed by atoms with Crippen LogP contribution < -0.4 is 0 Å². The highest BCUT2D eigenvalue weighted by Gasteiger charge is 2.33. The van der Waals surface area contributed by atoms with Gasteiger partial charge in [0.25, 0.3) is 0 Å². The molecule has 4 nitrogen and oxygen atoms in total. The average Bonchev–Trinajstić information content (AvgIpc) is 2.49. The van der Waals surface area contributed by atoms with Crippen molar-refractivity contribution in [3.05, 3.63) is 66.3 Å². The summed E-state index contributed by atoms with van der Waals surface area (Å²) in [6, 6.07) is 6.58. The number of rotatable bonds is 6. The number of fused-ring (bicyclic) bond motifs is 1. The lowest BCUT2D eigenvalue weighted by atomic mass is 9.88. The number of aliphatic hydroxyl groups excluding tert-OH is 1. The maximum absolute atomic E-state index is 12.2. The SMILES string of the molecule is C=CCN(CC=C)CC1=C(O)c2ccccc2C(=O)C1=O. The third-order valence-corrected chi connectivity index (χ3v) is 3.35. The number of carbonyl (C=O) groups excluding carboxylic acids is 2. The molecule has 0 unspecified atom stereocenters. The molecule has 0 heterocycles. The molecule has 0 spiro atoms. The van der Waals surface area contributed by atoms with Crippen molar-refractivity contribution in [3.8, 4) is 0 Å². The van der Waals surface area contributed by atoms with E-state index in [2.05, 4.69) is 13.2 Å².